The Hall–Kier alpha value is -1.59. The number of carbonyl (C=O) groups excluding carboxylic acids is 1. The minimum atomic E-state index is -0.113. The highest BCUT2D eigenvalue weighted by molar-refractivity contribution is 5.74. The van der Waals surface area contributed by atoms with Crippen LogP contribution in [0.1, 0.15) is 24.5 Å². The highest BCUT2D eigenvalue weighted by atomic mass is 16.5. The van der Waals surface area contributed by atoms with Gasteiger partial charge in [0.1, 0.15) is 6.10 Å². The largest absolute Gasteiger partial charge is 0.381 e. The number of amides is 2. The van der Waals surface area contributed by atoms with Gasteiger partial charge in [0, 0.05) is 25.7 Å². The van der Waals surface area contributed by atoms with E-state index in [9.17, 15) is 4.79 Å². The Balaban J connectivity index is 1.50. The number of hydrogen-bond donors (Lipinski definition) is 2. The lowest BCUT2D eigenvalue weighted by atomic mass is 10.0. The quantitative estimate of drug-likeness (QED) is 0.889. The summed E-state index contributed by atoms with van der Waals surface area (Å²) >= 11 is 0. The van der Waals surface area contributed by atoms with E-state index in [1.165, 1.54) is 0 Å². The highest BCUT2D eigenvalue weighted by Crippen LogP contribution is 2.28. The van der Waals surface area contributed by atoms with Crippen molar-refractivity contribution in [3.05, 3.63) is 35.9 Å². The fourth-order valence-electron chi connectivity index (χ4n) is 2.91. The van der Waals surface area contributed by atoms with E-state index < -0.39 is 0 Å². The molecule has 2 aliphatic heterocycles. The van der Waals surface area contributed by atoms with Crippen LogP contribution in [-0.2, 0) is 9.47 Å². The Morgan fingerprint density at radius 3 is 2.81 bits per heavy atom. The molecule has 0 saturated carbocycles. The van der Waals surface area contributed by atoms with Gasteiger partial charge in [0.2, 0.25) is 0 Å². The molecule has 0 radical (unpaired) electrons. The van der Waals surface area contributed by atoms with Crippen LogP contribution in [0, 0.1) is 5.92 Å². The number of carbonyl (C=O) groups is 1. The second-order valence-electron chi connectivity index (χ2n) is 5.68. The van der Waals surface area contributed by atoms with Crippen molar-refractivity contribution in [1.29, 1.82) is 0 Å². The molecule has 2 aliphatic rings. The summed E-state index contributed by atoms with van der Waals surface area (Å²) in [6.07, 6.45) is 1.82. The van der Waals surface area contributed by atoms with Crippen molar-refractivity contribution in [2.75, 3.05) is 26.4 Å². The van der Waals surface area contributed by atoms with E-state index in [1.54, 1.807) is 0 Å². The number of benzene rings is 1. The van der Waals surface area contributed by atoms with Gasteiger partial charge in [-0.15, -0.1) is 0 Å². The Morgan fingerprint density at radius 2 is 2.05 bits per heavy atom. The number of hydrogen-bond acceptors (Lipinski definition) is 3. The first-order valence-electron chi connectivity index (χ1n) is 7.61. The summed E-state index contributed by atoms with van der Waals surface area (Å²) in [4.78, 5) is 12.0. The molecule has 5 nitrogen and oxygen atoms in total. The summed E-state index contributed by atoms with van der Waals surface area (Å²) in [6, 6.07) is 9.97. The van der Waals surface area contributed by atoms with Gasteiger partial charge in [0.15, 0.2) is 0 Å². The lowest BCUT2D eigenvalue weighted by Crippen LogP contribution is -2.44. The molecule has 2 saturated heterocycles. The summed E-state index contributed by atoms with van der Waals surface area (Å²) in [5.74, 6) is 0.445. The van der Waals surface area contributed by atoms with Crippen molar-refractivity contribution in [2.24, 2.45) is 5.92 Å². The maximum atomic E-state index is 12.0. The number of ether oxygens (including phenoxy) is 2. The molecule has 3 atom stereocenters. The smallest absolute Gasteiger partial charge is 0.315 e. The van der Waals surface area contributed by atoms with Crippen molar-refractivity contribution in [3.63, 3.8) is 0 Å². The molecule has 0 aliphatic carbocycles. The lowest BCUT2D eigenvalue weighted by molar-refractivity contribution is 0.0999. The van der Waals surface area contributed by atoms with Gasteiger partial charge in [-0.3, -0.25) is 0 Å². The Kier molecular flexibility index (Phi) is 4.72. The molecule has 0 unspecified atom stereocenters. The van der Waals surface area contributed by atoms with Gasteiger partial charge >= 0.3 is 6.03 Å². The third-order valence-corrected chi connectivity index (χ3v) is 4.11. The molecule has 21 heavy (non-hydrogen) atoms. The van der Waals surface area contributed by atoms with Crippen LogP contribution >= 0.6 is 0 Å². The van der Waals surface area contributed by atoms with Crippen LogP contribution in [0.5, 0.6) is 0 Å². The maximum Gasteiger partial charge on any atom is 0.315 e. The van der Waals surface area contributed by atoms with Crippen molar-refractivity contribution in [3.8, 4) is 0 Å². The maximum absolute atomic E-state index is 12.0. The van der Waals surface area contributed by atoms with Crippen LogP contribution in [0.15, 0.2) is 30.3 Å². The Morgan fingerprint density at radius 1 is 1.19 bits per heavy atom. The molecular weight excluding hydrogens is 268 g/mol. The minimum Gasteiger partial charge on any atom is -0.381 e. The van der Waals surface area contributed by atoms with Gasteiger partial charge in [0.05, 0.1) is 12.6 Å². The first-order valence-corrected chi connectivity index (χ1v) is 7.61. The summed E-state index contributed by atoms with van der Waals surface area (Å²) in [5, 5.41) is 5.97. The second-order valence-corrected chi connectivity index (χ2v) is 5.68. The van der Waals surface area contributed by atoms with Gasteiger partial charge in [-0.2, -0.15) is 0 Å². The normalized spacial score (nSPS) is 28.5. The highest BCUT2D eigenvalue weighted by Gasteiger charge is 2.30. The molecule has 3 rings (SSSR count). The van der Waals surface area contributed by atoms with Gasteiger partial charge in [-0.1, -0.05) is 30.3 Å². The van der Waals surface area contributed by atoms with E-state index in [4.69, 9.17) is 9.47 Å². The first-order chi connectivity index (χ1) is 10.3. The fourth-order valence-corrected chi connectivity index (χ4v) is 2.91. The molecule has 5 heteroatoms. The second kappa shape index (κ2) is 6.91. The monoisotopic (exact) mass is 290 g/mol. The number of rotatable bonds is 4. The number of nitrogens with one attached hydrogen (secondary N) is 2. The molecule has 0 bridgehead atoms. The van der Waals surface area contributed by atoms with Gasteiger partial charge in [-0.25, -0.2) is 4.79 Å². The van der Waals surface area contributed by atoms with E-state index in [-0.39, 0.29) is 18.2 Å². The van der Waals surface area contributed by atoms with E-state index in [0.29, 0.717) is 19.1 Å². The van der Waals surface area contributed by atoms with Crippen LogP contribution < -0.4 is 10.6 Å². The summed E-state index contributed by atoms with van der Waals surface area (Å²) in [7, 11) is 0. The molecular formula is C16H22N2O3. The third kappa shape index (κ3) is 3.74. The van der Waals surface area contributed by atoms with E-state index in [1.807, 2.05) is 30.3 Å². The van der Waals surface area contributed by atoms with E-state index >= 15 is 0 Å². The zero-order valence-corrected chi connectivity index (χ0v) is 12.1. The van der Waals surface area contributed by atoms with Crippen molar-refractivity contribution in [2.45, 2.75) is 25.0 Å². The summed E-state index contributed by atoms with van der Waals surface area (Å²) in [5.41, 5.74) is 1.12. The zero-order chi connectivity index (χ0) is 14.5. The average Bonchev–Trinajstić information content (AvgIpc) is 3.17. The Labute approximate surface area is 125 Å². The summed E-state index contributed by atoms with van der Waals surface area (Å²) in [6.45, 7) is 2.91. The minimum absolute atomic E-state index is 0.0345. The lowest BCUT2D eigenvalue weighted by Gasteiger charge is -2.21. The predicted molar refractivity (Wildman–Crippen MR) is 79.0 cm³/mol. The predicted octanol–water partition coefficient (Wildman–Crippen LogP) is 1.85. The molecule has 2 amide bonds. The molecule has 1 aromatic carbocycles. The third-order valence-electron chi connectivity index (χ3n) is 4.11. The van der Waals surface area contributed by atoms with Crippen molar-refractivity contribution < 1.29 is 14.3 Å². The Bertz CT molecular complexity index is 460. The van der Waals surface area contributed by atoms with Crippen LogP contribution in [0.2, 0.25) is 0 Å². The summed E-state index contributed by atoms with van der Waals surface area (Å²) < 4.78 is 11.1. The van der Waals surface area contributed by atoms with Crippen molar-refractivity contribution in [1.82, 2.24) is 10.6 Å². The molecule has 1 aromatic rings. The van der Waals surface area contributed by atoms with Crippen LogP contribution in [0.4, 0.5) is 4.79 Å². The fraction of sp³-hybridized carbons (Fsp3) is 0.562. The molecule has 2 heterocycles. The van der Waals surface area contributed by atoms with Gasteiger partial charge in [0.25, 0.3) is 0 Å². The van der Waals surface area contributed by atoms with Crippen LogP contribution in [0.3, 0.4) is 0 Å². The molecule has 2 fully saturated rings. The van der Waals surface area contributed by atoms with Crippen molar-refractivity contribution >= 4 is 6.03 Å². The van der Waals surface area contributed by atoms with Crippen LogP contribution in [-0.4, -0.2) is 38.4 Å². The molecule has 2 N–H and O–H groups in total. The van der Waals surface area contributed by atoms with Gasteiger partial charge < -0.3 is 20.1 Å². The topological polar surface area (TPSA) is 59.6 Å². The number of urea groups is 1. The van der Waals surface area contributed by atoms with E-state index in [0.717, 1.165) is 31.6 Å². The van der Waals surface area contributed by atoms with Gasteiger partial charge in [-0.05, 0) is 18.4 Å². The average molecular weight is 290 g/mol. The standard InChI is InChI=1S/C16H22N2O3/c19-16(17-10-12-6-8-20-11-12)18-14-7-9-21-15(14)13-4-2-1-3-5-13/h1-5,12,14-15H,6-11H2,(H2,17,18,19)/t12-,14+,15-/m0/s1. The molecule has 0 spiro atoms. The van der Waals surface area contributed by atoms with E-state index in [2.05, 4.69) is 10.6 Å². The first kappa shape index (κ1) is 14.4. The molecule has 0 aromatic heterocycles. The molecule has 114 valence electrons. The van der Waals surface area contributed by atoms with Crippen LogP contribution in [0.25, 0.3) is 0 Å². The zero-order valence-electron chi connectivity index (χ0n) is 12.1. The SMILES string of the molecule is O=C(NC[C@@H]1CCOC1)N[C@@H]1CCO[C@H]1c1ccccc1.